The first-order chi connectivity index (χ1) is 6.69. The van der Waals surface area contributed by atoms with Gasteiger partial charge in [0.05, 0.1) is 0 Å². The summed E-state index contributed by atoms with van der Waals surface area (Å²) in [5.41, 5.74) is -0.775. The second-order valence-corrected chi connectivity index (χ2v) is 3.75. The average Bonchev–Trinajstić information content (AvgIpc) is 2.92. The molecular formula is C9H13N3O2. The molecule has 2 amide bonds. The van der Waals surface area contributed by atoms with Crippen LogP contribution >= 0.6 is 0 Å². The summed E-state index contributed by atoms with van der Waals surface area (Å²) >= 11 is 0. The highest BCUT2D eigenvalue weighted by Gasteiger charge is 2.58. The second-order valence-electron chi connectivity index (χ2n) is 3.75. The monoisotopic (exact) mass is 195 g/mol. The van der Waals surface area contributed by atoms with E-state index in [9.17, 15) is 9.59 Å². The summed E-state index contributed by atoms with van der Waals surface area (Å²) in [5, 5.41) is 5.62. The lowest BCUT2D eigenvalue weighted by Crippen LogP contribution is -2.46. The Bertz CT molecular complexity index is 318. The van der Waals surface area contributed by atoms with Crippen LogP contribution in [0.15, 0.2) is 4.99 Å². The summed E-state index contributed by atoms with van der Waals surface area (Å²) in [6.45, 7) is 0.708. The first-order valence-corrected chi connectivity index (χ1v) is 4.77. The van der Waals surface area contributed by atoms with Gasteiger partial charge < -0.3 is 10.6 Å². The zero-order valence-electron chi connectivity index (χ0n) is 8.09. The molecule has 1 spiro atoms. The molecule has 1 aliphatic heterocycles. The summed E-state index contributed by atoms with van der Waals surface area (Å²) in [6.07, 6.45) is 1.89. The van der Waals surface area contributed by atoms with Crippen LogP contribution in [0.4, 0.5) is 0 Å². The zero-order chi connectivity index (χ0) is 10.2. The number of amides is 2. The molecule has 5 nitrogen and oxygen atoms in total. The van der Waals surface area contributed by atoms with Crippen molar-refractivity contribution in [3.63, 3.8) is 0 Å². The van der Waals surface area contributed by atoms with E-state index in [4.69, 9.17) is 0 Å². The van der Waals surface area contributed by atoms with E-state index in [0.717, 1.165) is 0 Å². The van der Waals surface area contributed by atoms with Gasteiger partial charge in [0.2, 0.25) is 5.91 Å². The summed E-state index contributed by atoms with van der Waals surface area (Å²) < 4.78 is 0. The van der Waals surface area contributed by atoms with E-state index in [1.165, 1.54) is 0 Å². The minimum absolute atomic E-state index is 0.163. The van der Waals surface area contributed by atoms with Crippen LogP contribution in [-0.2, 0) is 9.59 Å². The van der Waals surface area contributed by atoms with Crippen molar-refractivity contribution in [1.29, 1.82) is 0 Å². The molecule has 1 heterocycles. The Balaban J connectivity index is 2.08. The van der Waals surface area contributed by atoms with Crippen molar-refractivity contribution in [1.82, 2.24) is 10.6 Å². The van der Waals surface area contributed by atoms with Crippen LogP contribution in [0, 0.1) is 5.41 Å². The Kier molecular flexibility index (Phi) is 2.11. The van der Waals surface area contributed by atoms with Crippen LogP contribution in [0.1, 0.15) is 19.3 Å². The van der Waals surface area contributed by atoms with Gasteiger partial charge in [0.25, 0.3) is 5.91 Å². The average molecular weight is 195 g/mol. The fourth-order valence-corrected chi connectivity index (χ4v) is 1.53. The fourth-order valence-electron chi connectivity index (χ4n) is 1.53. The topological polar surface area (TPSA) is 70.6 Å². The number of rotatable bonds is 3. The zero-order valence-corrected chi connectivity index (χ0v) is 8.09. The van der Waals surface area contributed by atoms with Crippen molar-refractivity contribution in [3.8, 4) is 0 Å². The van der Waals surface area contributed by atoms with Gasteiger partial charge in [-0.25, -0.2) is 0 Å². The summed E-state index contributed by atoms with van der Waals surface area (Å²) in [6, 6.07) is 0. The molecule has 0 saturated heterocycles. The Morgan fingerprint density at radius 2 is 2.21 bits per heavy atom. The molecule has 5 heteroatoms. The Morgan fingerprint density at radius 3 is 2.71 bits per heavy atom. The third-order valence-electron chi connectivity index (χ3n) is 2.70. The standard InChI is InChI=1S/C9H13N3O2/c1-10-5-2-6-11-7(13)9(3-4-9)8(14)12-6/h10H,2-5H2,1H3,(H,11,12,13,14). The summed E-state index contributed by atoms with van der Waals surface area (Å²) in [7, 11) is 1.81. The van der Waals surface area contributed by atoms with Crippen molar-refractivity contribution in [2.24, 2.45) is 10.4 Å². The van der Waals surface area contributed by atoms with Gasteiger partial charge in [-0.15, -0.1) is 0 Å². The lowest BCUT2D eigenvalue weighted by atomic mass is 10.0. The van der Waals surface area contributed by atoms with E-state index >= 15 is 0 Å². The molecule has 1 aliphatic carbocycles. The largest absolute Gasteiger partial charge is 0.319 e. The number of hydrogen-bond donors (Lipinski definition) is 2. The molecule has 0 unspecified atom stereocenters. The van der Waals surface area contributed by atoms with Crippen LogP contribution in [0.3, 0.4) is 0 Å². The molecule has 0 aromatic carbocycles. The molecule has 1 saturated carbocycles. The summed E-state index contributed by atoms with van der Waals surface area (Å²) in [5.74, 6) is 0.0721. The van der Waals surface area contributed by atoms with E-state index in [2.05, 4.69) is 15.6 Å². The van der Waals surface area contributed by atoms with Crippen molar-refractivity contribution in [2.75, 3.05) is 13.6 Å². The maximum absolute atomic E-state index is 11.5. The highest BCUT2D eigenvalue weighted by Crippen LogP contribution is 2.48. The van der Waals surface area contributed by atoms with Gasteiger partial charge in [-0.1, -0.05) is 0 Å². The molecule has 14 heavy (non-hydrogen) atoms. The van der Waals surface area contributed by atoms with Gasteiger partial charge in [-0.3, -0.25) is 9.59 Å². The highest BCUT2D eigenvalue weighted by atomic mass is 16.2. The normalized spacial score (nSPS) is 23.4. The number of carbonyl (C=O) groups excluding carboxylic acids is 2. The fraction of sp³-hybridized carbons (Fsp3) is 0.667. The van der Waals surface area contributed by atoms with Crippen LogP contribution < -0.4 is 10.6 Å². The predicted octanol–water partition coefficient (Wildman–Crippen LogP) is -0.569. The minimum Gasteiger partial charge on any atom is -0.319 e. The van der Waals surface area contributed by atoms with E-state index in [1.54, 1.807) is 0 Å². The van der Waals surface area contributed by atoms with Crippen molar-refractivity contribution >= 4 is 17.6 Å². The van der Waals surface area contributed by atoms with Gasteiger partial charge in [-0.2, -0.15) is 4.99 Å². The van der Waals surface area contributed by atoms with Crippen molar-refractivity contribution < 1.29 is 9.59 Å². The van der Waals surface area contributed by atoms with Gasteiger partial charge in [0, 0.05) is 13.0 Å². The number of nitrogens with zero attached hydrogens (tertiary/aromatic N) is 1. The van der Waals surface area contributed by atoms with Crippen LogP contribution in [0.25, 0.3) is 0 Å². The maximum atomic E-state index is 11.5. The molecule has 76 valence electrons. The van der Waals surface area contributed by atoms with Crippen LogP contribution in [-0.4, -0.2) is 31.2 Å². The van der Waals surface area contributed by atoms with E-state index in [-0.39, 0.29) is 11.8 Å². The molecule has 1 fully saturated rings. The van der Waals surface area contributed by atoms with Crippen molar-refractivity contribution in [2.45, 2.75) is 19.3 Å². The smallest absolute Gasteiger partial charge is 0.263 e. The third-order valence-corrected chi connectivity index (χ3v) is 2.70. The molecule has 0 bridgehead atoms. The van der Waals surface area contributed by atoms with Crippen molar-refractivity contribution in [3.05, 3.63) is 0 Å². The van der Waals surface area contributed by atoms with E-state index in [0.29, 0.717) is 31.6 Å². The van der Waals surface area contributed by atoms with Gasteiger partial charge >= 0.3 is 0 Å². The SMILES string of the molecule is CNCCC1=NC(=O)C2(CC2)C(=O)N1. The molecule has 2 rings (SSSR count). The van der Waals surface area contributed by atoms with E-state index < -0.39 is 5.41 Å². The Morgan fingerprint density at radius 1 is 1.50 bits per heavy atom. The Labute approximate surface area is 82.0 Å². The number of hydrogen-bond acceptors (Lipinski definition) is 3. The molecule has 2 aliphatic rings. The van der Waals surface area contributed by atoms with Crippen LogP contribution in [0.5, 0.6) is 0 Å². The van der Waals surface area contributed by atoms with Gasteiger partial charge in [0.1, 0.15) is 11.3 Å². The Hall–Kier alpha value is -1.23. The number of nitrogens with one attached hydrogen (secondary N) is 2. The third kappa shape index (κ3) is 1.33. The van der Waals surface area contributed by atoms with E-state index in [1.807, 2.05) is 7.05 Å². The van der Waals surface area contributed by atoms with Gasteiger partial charge in [0.15, 0.2) is 0 Å². The quantitative estimate of drug-likeness (QED) is 0.592. The second kappa shape index (κ2) is 3.16. The molecule has 0 aromatic rings. The first kappa shape index (κ1) is 9.33. The first-order valence-electron chi connectivity index (χ1n) is 4.77. The van der Waals surface area contributed by atoms with Crippen LogP contribution in [0.2, 0.25) is 0 Å². The lowest BCUT2D eigenvalue weighted by molar-refractivity contribution is -0.135. The molecule has 0 aromatic heterocycles. The number of amidine groups is 1. The summed E-state index contributed by atoms with van der Waals surface area (Å²) in [4.78, 5) is 26.9. The lowest BCUT2D eigenvalue weighted by Gasteiger charge is -2.18. The van der Waals surface area contributed by atoms with Gasteiger partial charge in [-0.05, 0) is 19.9 Å². The molecule has 0 radical (unpaired) electrons. The maximum Gasteiger partial charge on any atom is 0.263 e. The number of aliphatic imine (C=N–C) groups is 1. The highest BCUT2D eigenvalue weighted by molar-refractivity contribution is 6.20. The minimum atomic E-state index is -0.775. The molecule has 0 atom stereocenters. The molecule has 2 N–H and O–H groups in total. The predicted molar refractivity (Wildman–Crippen MR) is 50.8 cm³/mol. The molecular weight excluding hydrogens is 182 g/mol. The number of carbonyl (C=O) groups is 2.